The van der Waals surface area contributed by atoms with Gasteiger partial charge in [-0.15, -0.1) is 6.58 Å². The van der Waals surface area contributed by atoms with Crippen molar-refractivity contribution in [2.24, 2.45) is 0 Å². The van der Waals surface area contributed by atoms with Crippen molar-refractivity contribution in [3.05, 3.63) is 46.7 Å². The number of halogens is 2. The molecule has 0 fully saturated rings. The number of hydrogen-bond donors (Lipinski definition) is 0. The molecule has 0 unspecified atom stereocenters. The van der Waals surface area contributed by atoms with Crippen molar-refractivity contribution in [1.29, 1.82) is 0 Å². The number of allylic oxidation sites excluding steroid dienone is 1. The summed E-state index contributed by atoms with van der Waals surface area (Å²) < 4.78 is 13.7. The highest BCUT2D eigenvalue weighted by Crippen LogP contribution is 2.17. The first-order chi connectivity index (χ1) is 8.13. The molecule has 0 aliphatic rings. The Morgan fingerprint density at radius 1 is 1.29 bits per heavy atom. The summed E-state index contributed by atoms with van der Waals surface area (Å²) in [5, 5.41) is 0. The second-order valence-corrected chi connectivity index (χ2v) is 4.88. The summed E-state index contributed by atoms with van der Waals surface area (Å²) in [6.45, 7) is 3.65. The molecule has 0 atom stereocenters. The topological polar surface area (TPSA) is 17.1 Å². The third-order valence-electron chi connectivity index (χ3n) is 2.50. The van der Waals surface area contributed by atoms with E-state index >= 15 is 0 Å². The molecule has 3 heteroatoms. The molecule has 0 aromatic heterocycles. The predicted molar refractivity (Wildman–Crippen MR) is 71.7 cm³/mol. The van der Waals surface area contributed by atoms with Gasteiger partial charge in [0.2, 0.25) is 0 Å². The second-order valence-electron chi connectivity index (χ2n) is 3.97. The Balaban J connectivity index is 2.44. The predicted octanol–water partition coefficient (Wildman–Crippen LogP) is 4.91. The van der Waals surface area contributed by atoms with Crippen LogP contribution in [0.2, 0.25) is 0 Å². The summed E-state index contributed by atoms with van der Waals surface area (Å²) >= 11 is 3.18. The van der Waals surface area contributed by atoms with E-state index in [2.05, 4.69) is 22.5 Å². The van der Waals surface area contributed by atoms with Crippen molar-refractivity contribution in [2.75, 3.05) is 0 Å². The lowest BCUT2D eigenvalue weighted by atomic mass is 10.0. The van der Waals surface area contributed by atoms with E-state index in [1.807, 2.05) is 6.08 Å². The van der Waals surface area contributed by atoms with Gasteiger partial charge in [-0.25, -0.2) is 4.39 Å². The van der Waals surface area contributed by atoms with Crippen LogP contribution in [0, 0.1) is 5.82 Å². The zero-order valence-electron chi connectivity index (χ0n) is 9.72. The molecule has 0 aliphatic carbocycles. The third-order valence-corrected chi connectivity index (χ3v) is 2.95. The van der Waals surface area contributed by atoms with E-state index in [0.29, 0.717) is 16.5 Å². The van der Waals surface area contributed by atoms with Crippen molar-refractivity contribution in [3.8, 4) is 0 Å². The molecule has 1 aromatic rings. The van der Waals surface area contributed by atoms with Crippen LogP contribution in [0.3, 0.4) is 0 Å². The first-order valence-electron chi connectivity index (χ1n) is 5.73. The highest BCUT2D eigenvalue weighted by Gasteiger charge is 2.07. The molecule has 0 saturated carbocycles. The Hall–Kier alpha value is -0.960. The fourth-order valence-electron chi connectivity index (χ4n) is 1.61. The molecule has 0 N–H and O–H groups in total. The van der Waals surface area contributed by atoms with Gasteiger partial charge >= 0.3 is 0 Å². The lowest BCUT2D eigenvalue weighted by Gasteiger charge is -2.02. The van der Waals surface area contributed by atoms with Crippen molar-refractivity contribution in [1.82, 2.24) is 0 Å². The minimum atomic E-state index is -0.380. The number of unbranched alkanes of at least 4 members (excludes halogenated alkanes) is 3. The van der Waals surface area contributed by atoms with Crippen molar-refractivity contribution >= 4 is 21.7 Å². The van der Waals surface area contributed by atoms with Crippen LogP contribution in [0.4, 0.5) is 4.39 Å². The van der Waals surface area contributed by atoms with Crippen LogP contribution >= 0.6 is 15.9 Å². The molecule has 92 valence electrons. The van der Waals surface area contributed by atoms with Gasteiger partial charge in [-0.2, -0.15) is 0 Å². The third kappa shape index (κ3) is 5.26. The Morgan fingerprint density at radius 2 is 2.06 bits per heavy atom. The number of carbonyl (C=O) groups excluding carboxylic acids is 1. The molecule has 0 saturated heterocycles. The molecule has 1 nitrogen and oxygen atoms in total. The summed E-state index contributed by atoms with van der Waals surface area (Å²) in [6.07, 6.45) is 6.26. The summed E-state index contributed by atoms with van der Waals surface area (Å²) in [5.74, 6) is -0.377. The van der Waals surface area contributed by atoms with Crippen LogP contribution in [-0.2, 0) is 0 Å². The Kier molecular flexibility index (Phi) is 6.12. The van der Waals surface area contributed by atoms with Gasteiger partial charge < -0.3 is 0 Å². The van der Waals surface area contributed by atoms with Gasteiger partial charge in [-0.1, -0.05) is 28.4 Å². The van der Waals surface area contributed by atoms with E-state index in [-0.39, 0.29) is 11.6 Å². The SMILES string of the molecule is C=CCCCCCC(=O)c1cc(F)cc(Br)c1. The number of Topliss-reactive ketones (excluding diaryl/α,β-unsaturated/α-hetero) is 1. The first-order valence-corrected chi connectivity index (χ1v) is 6.53. The zero-order valence-corrected chi connectivity index (χ0v) is 11.3. The highest BCUT2D eigenvalue weighted by molar-refractivity contribution is 9.10. The zero-order chi connectivity index (χ0) is 12.7. The standard InChI is InChI=1S/C14H16BrFO/c1-2-3-4-5-6-7-14(17)11-8-12(15)10-13(16)9-11/h2,8-10H,1,3-7H2. The summed E-state index contributed by atoms with van der Waals surface area (Å²) in [5.41, 5.74) is 0.445. The van der Waals surface area contributed by atoms with Crippen LogP contribution < -0.4 is 0 Å². The summed E-state index contributed by atoms with van der Waals surface area (Å²) in [6, 6.07) is 4.30. The van der Waals surface area contributed by atoms with Gasteiger partial charge in [-0.05, 0) is 37.5 Å². The number of hydrogen-bond acceptors (Lipinski definition) is 1. The maximum absolute atomic E-state index is 13.1. The minimum absolute atomic E-state index is 0.00352. The molecule has 0 spiro atoms. The van der Waals surface area contributed by atoms with E-state index in [9.17, 15) is 9.18 Å². The molecule has 17 heavy (non-hydrogen) atoms. The normalized spacial score (nSPS) is 10.2. The minimum Gasteiger partial charge on any atom is -0.294 e. The Bertz CT molecular complexity index is 381. The lowest BCUT2D eigenvalue weighted by Crippen LogP contribution is -1.99. The lowest BCUT2D eigenvalue weighted by molar-refractivity contribution is 0.0978. The average Bonchev–Trinajstić information content (AvgIpc) is 2.27. The van der Waals surface area contributed by atoms with Crippen molar-refractivity contribution < 1.29 is 9.18 Å². The summed E-state index contributed by atoms with van der Waals surface area (Å²) in [4.78, 5) is 11.8. The van der Waals surface area contributed by atoms with Gasteiger partial charge in [0.05, 0.1) is 0 Å². The van der Waals surface area contributed by atoms with Crippen LogP contribution in [0.15, 0.2) is 35.3 Å². The van der Waals surface area contributed by atoms with E-state index in [4.69, 9.17) is 0 Å². The highest BCUT2D eigenvalue weighted by atomic mass is 79.9. The van der Waals surface area contributed by atoms with Gasteiger partial charge in [-0.3, -0.25) is 4.79 Å². The van der Waals surface area contributed by atoms with E-state index in [0.717, 1.165) is 25.7 Å². The van der Waals surface area contributed by atoms with E-state index < -0.39 is 0 Å². The largest absolute Gasteiger partial charge is 0.294 e. The van der Waals surface area contributed by atoms with Gasteiger partial charge in [0.15, 0.2) is 5.78 Å². The molecule has 0 bridgehead atoms. The number of carbonyl (C=O) groups is 1. The van der Waals surface area contributed by atoms with Gasteiger partial charge in [0.25, 0.3) is 0 Å². The molecule has 0 aliphatic heterocycles. The van der Waals surface area contributed by atoms with Gasteiger partial charge in [0, 0.05) is 16.5 Å². The molecular formula is C14H16BrFO. The van der Waals surface area contributed by atoms with E-state index in [1.54, 1.807) is 6.07 Å². The van der Waals surface area contributed by atoms with Crippen LogP contribution in [0.1, 0.15) is 42.5 Å². The molecule has 1 rings (SSSR count). The Labute approximate surface area is 110 Å². The fraction of sp³-hybridized carbons (Fsp3) is 0.357. The monoisotopic (exact) mass is 298 g/mol. The van der Waals surface area contributed by atoms with Crippen LogP contribution in [0.25, 0.3) is 0 Å². The summed E-state index contributed by atoms with van der Waals surface area (Å²) in [7, 11) is 0. The Morgan fingerprint density at radius 3 is 2.71 bits per heavy atom. The molecular weight excluding hydrogens is 283 g/mol. The number of benzene rings is 1. The molecule has 0 radical (unpaired) electrons. The molecule has 0 heterocycles. The van der Waals surface area contributed by atoms with Crippen LogP contribution in [0.5, 0.6) is 0 Å². The molecule has 1 aromatic carbocycles. The number of rotatable bonds is 7. The fourth-order valence-corrected chi connectivity index (χ4v) is 2.08. The first kappa shape index (κ1) is 14.1. The quantitative estimate of drug-likeness (QED) is 0.397. The van der Waals surface area contributed by atoms with Crippen molar-refractivity contribution in [3.63, 3.8) is 0 Å². The van der Waals surface area contributed by atoms with Gasteiger partial charge in [0.1, 0.15) is 5.82 Å². The van der Waals surface area contributed by atoms with Crippen molar-refractivity contribution in [2.45, 2.75) is 32.1 Å². The molecule has 0 amide bonds. The number of ketones is 1. The van der Waals surface area contributed by atoms with E-state index in [1.165, 1.54) is 12.1 Å². The second kappa shape index (κ2) is 7.38. The smallest absolute Gasteiger partial charge is 0.163 e. The van der Waals surface area contributed by atoms with Crippen LogP contribution in [-0.4, -0.2) is 5.78 Å². The average molecular weight is 299 g/mol. The maximum Gasteiger partial charge on any atom is 0.163 e. The maximum atomic E-state index is 13.1.